The van der Waals surface area contributed by atoms with E-state index in [4.69, 9.17) is 14.2 Å². The number of carbonyl (C=O) groups is 2. The Labute approximate surface area is 247 Å². The summed E-state index contributed by atoms with van der Waals surface area (Å²) in [5.41, 5.74) is 5.74. The van der Waals surface area contributed by atoms with E-state index in [-0.39, 0.29) is 24.7 Å². The molecule has 3 aromatic rings. The highest BCUT2D eigenvalue weighted by Gasteiger charge is 2.32. The fourth-order valence-electron chi connectivity index (χ4n) is 5.08. The third-order valence-corrected chi connectivity index (χ3v) is 7.25. The molecule has 1 aliphatic rings. The van der Waals surface area contributed by atoms with E-state index in [1.165, 1.54) is 6.92 Å². The van der Waals surface area contributed by atoms with Gasteiger partial charge in [-0.15, -0.1) is 6.58 Å². The van der Waals surface area contributed by atoms with Gasteiger partial charge in [-0.3, -0.25) is 9.59 Å². The first-order chi connectivity index (χ1) is 20.3. The van der Waals surface area contributed by atoms with Crippen LogP contribution in [0.25, 0.3) is 11.1 Å². The van der Waals surface area contributed by atoms with Crippen molar-refractivity contribution in [1.29, 1.82) is 0 Å². The van der Waals surface area contributed by atoms with Crippen LogP contribution in [-0.2, 0) is 37.0 Å². The minimum absolute atomic E-state index is 0.00175. The number of nitrogens with zero attached hydrogens (tertiary/aromatic N) is 1. The predicted octanol–water partition coefficient (Wildman–Crippen LogP) is 5.08. The van der Waals surface area contributed by atoms with E-state index in [1.54, 1.807) is 6.92 Å². The van der Waals surface area contributed by atoms with E-state index < -0.39 is 18.4 Å². The molecule has 0 spiro atoms. The van der Waals surface area contributed by atoms with Crippen LogP contribution < -0.4 is 5.32 Å². The molecule has 3 aromatic carbocycles. The summed E-state index contributed by atoms with van der Waals surface area (Å²) in [6.45, 7) is 8.48. The van der Waals surface area contributed by atoms with Crippen LogP contribution in [0.4, 0.5) is 0 Å². The van der Waals surface area contributed by atoms with E-state index in [0.717, 1.165) is 46.5 Å². The molecule has 0 aliphatic carbocycles. The minimum Gasteiger partial charge on any atom is -0.453 e. The SMILES string of the molecule is C=CCN(C)CC1CC(c2ccc(CO)cc2)OC(c2ccc(-c3ccccc3CNC(=O)C(C)OC(C)=O)cc2)O1. The number of carbonyl (C=O) groups excluding carboxylic acids is 2. The highest BCUT2D eigenvalue weighted by Crippen LogP contribution is 2.38. The molecule has 0 radical (unpaired) electrons. The second kappa shape index (κ2) is 14.9. The van der Waals surface area contributed by atoms with Crippen molar-refractivity contribution in [2.45, 2.75) is 58.0 Å². The lowest BCUT2D eigenvalue weighted by Crippen LogP contribution is -2.37. The third-order valence-electron chi connectivity index (χ3n) is 7.25. The highest BCUT2D eigenvalue weighted by atomic mass is 16.7. The minimum atomic E-state index is -0.860. The Morgan fingerprint density at radius 3 is 2.43 bits per heavy atom. The van der Waals surface area contributed by atoms with Crippen LogP contribution in [0.15, 0.2) is 85.5 Å². The maximum atomic E-state index is 12.4. The van der Waals surface area contributed by atoms with Crippen LogP contribution in [0.5, 0.6) is 0 Å². The van der Waals surface area contributed by atoms with E-state index in [2.05, 4.69) is 16.8 Å². The number of amides is 1. The second-order valence-electron chi connectivity index (χ2n) is 10.6. The predicted molar refractivity (Wildman–Crippen MR) is 161 cm³/mol. The lowest BCUT2D eigenvalue weighted by Gasteiger charge is -2.37. The Bertz CT molecular complexity index is 1340. The summed E-state index contributed by atoms with van der Waals surface area (Å²) in [7, 11) is 2.05. The lowest BCUT2D eigenvalue weighted by molar-refractivity contribution is -0.252. The molecule has 1 saturated heterocycles. The summed E-state index contributed by atoms with van der Waals surface area (Å²) in [4.78, 5) is 25.7. The zero-order valence-corrected chi connectivity index (χ0v) is 24.5. The maximum Gasteiger partial charge on any atom is 0.303 e. The second-order valence-corrected chi connectivity index (χ2v) is 10.6. The van der Waals surface area contributed by atoms with Crippen LogP contribution in [0.1, 0.15) is 54.9 Å². The van der Waals surface area contributed by atoms with E-state index in [0.29, 0.717) is 13.0 Å². The molecule has 1 heterocycles. The molecule has 2 N–H and O–H groups in total. The summed E-state index contributed by atoms with van der Waals surface area (Å²) < 4.78 is 17.9. The van der Waals surface area contributed by atoms with Crippen molar-refractivity contribution in [3.63, 3.8) is 0 Å². The van der Waals surface area contributed by atoms with E-state index >= 15 is 0 Å². The van der Waals surface area contributed by atoms with Crippen molar-refractivity contribution in [1.82, 2.24) is 10.2 Å². The lowest BCUT2D eigenvalue weighted by atomic mass is 9.97. The first-order valence-electron chi connectivity index (χ1n) is 14.2. The van der Waals surface area contributed by atoms with Gasteiger partial charge in [0.05, 0.1) is 18.8 Å². The summed E-state index contributed by atoms with van der Waals surface area (Å²) in [5.74, 6) is -0.846. The van der Waals surface area contributed by atoms with Crippen LogP contribution >= 0.6 is 0 Å². The van der Waals surface area contributed by atoms with Gasteiger partial charge in [0.2, 0.25) is 0 Å². The summed E-state index contributed by atoms with van der Waals surface area (Å²) in [5, 5.41) is 12.3. The van der Waals surface area contributed by atoms with Crippen LogP contribution in [0.3, 0.4) is 0 Å². The van der Waals surface area contributed by atoms with Gasteiger partial charge in [0, 0.05) is 38.5 Å². The molecule has 1 amide bonds. The summed E-state index contributed by atoms with van der Waals surface area (Å²) >= 11 is 0. The van der Waals surface area contributed by atoms with Gasteiger partial charge in [-0.25, -0.2) is 0 Å². The van der Waals surface area contributed by atoms with Crippen molar-refractivity contribution in [2.75, 3.05) is 20.1 Å². The Balaban J connectivity index is 1.51. The van der Waals surface area contributed by atoms with E-state index in [1.807, 2.05) is 85.9 Å². The van der Waals surface area contributed by atoms with Crippen molar-refractivity contribution in [2.24, 2.45) is 0 Å². The molecule has 222 valence electrons. The number of hydrogen-bond donors (Lipinski definition) is 2. The van der Waals surface area contributed by atoms with Crippen LogP contribution in [0.2, 0.25) is 0 Å². The Morgan fingerprint density at radius 1 is 1.07 bits per heavy atom. The number of esters is 1. The fourth-order valence-corrected chi connectivity index (χ4v) is 5.08. The van der Waals surface area contributed by atoms with Crippen molar-refractivity contribution in [3.05, 3.63) is 108 Å². The zero-order valence-electron chi connectivity index (χ0n) is 24.5. The summed E-state index contributed by atoms with van der Waals surface area (Å²) in [6, 6.07) is 23.8. The average molecular weight is 573 g/mol. The van der Waals surface area contributed by atoms with E-state index in [9.17, 15) is 14.7 Å². The largest absolute Gasteiger partial charge is 0.453 e. The Morgan fingerprint density at radius 2 is 1.76 bits per heavy atom. The first kappa shape index (κ1) is 31.1. The molecule has 0 saturated carbocycles. The fraction of sp³-hybridized carbons (Fsp3) is 0.353. The average Bonchev–Trinajstić information content (AvgIpc) is 2.99. The molecule has 42 heavy (non-hydrogen) atoms. The maximum absolute atomic E-state index is 12.4. The topological polar surface area (TPSA) is 97.3 Å². The monoisotopic (exact) mass is 572 g/mol. The molecular weight excluding hydrogens is 532 g/mol. The number of ether oxygens (including phenoxy) is 3. The van der Waals surface area contributed by atoms with Gasteiger partial charge in [0.1, 0.15) is 0 Å². The van der Waals surface area contributed by atoms with Crippen molar-refractivity contribution < 1.29 is 28.9 Å². The smallest absolute Gasteiger partial charge is 0.303 e. The molecule has 4 unspecified atom stereocenters. The molecule has 4 atom stereocenters. The van der Waals surface area contributed by atoms with Crippen molar-refractivity contribution >= 4 is 11.9 Å². The van der Waals surface area contributed by atoms with Gasteiger partial charge in [0.25, 0.3) is 5.91 Å². The first-order valence-corrected chi connectivity index (χ1v) is 14.2. The van der Waals surface area contributed by atoms with Gasteiger partial charge in [0.15, 0.2) is 12.4 Å². The summed E-state index contributed by atoms with van der Waals surface area (Å²) in [6.07, 6.45) is 0.983. The van der Waals surface area contributed by atoms with Crippen molar-refractivity contribution in [3.8, 4) is 11.1 Å². The molecule has 8 heteroatoms. The van der Waals surface area contributed by atoms with Crippen LogP contribution in [0, 0.1) is 0 Å². The Kier molecular flexibility index (Phi) is 11.0. The normalized spacial score (nSPS) is 19.2. The molecule has 1 fully saturated rings. The number of likely N-dealkylation sites (N-methyl/N-ethyl adjacent to an activating group) is 1. The number of rotatable bonds is 12. The molecule has 1 aliphatic heterocycles. The van der Waals surface area contributed by atoms with Gasteiger partial charge < -0.3 is 29.5 Å². The molecule has 8 nitrogen and oxygen atoms in total. The van der Waals surface area contributed by atoms with Gasteiger partial charge in [-0.05, 0) is 41.8 Å². The molecular formula is C34H40N2O6. The number of aliphatic hydroxyl groups is 1. The highest BCUT2D eigenvalue weighted by molar-refractivity contribution is 5.83. The molecule has 0 bridgehead atoms. The zero-order chi connectivity index (χ0) is 30.1. The third kappa shape index (κ3) is 8.36. The molecule has 0 aromatic heterocycles. The number of nitrogens with one attached hydrogen (secondary N) is 1. The molecule has 4 rings (SSSR count). The van der Waals surface area contributed by atoms with Gasteiger partial charge >= 0.3 is 5.97 Å². The number of hydrogen-bond acceptors (Lipinski definition) is 7. The Hall–Kier alpha value is -3.82. The standard InChI is InChI=1S/C34H40N2O6/c1-5-18-36(4)21-30-19-32(27-12-10-25(22-37)11-13-27)42-34(41-30)28-16-14-26(15-17-28)31-9-7-6-8-29(31)20-35-33(39)23(2)40-24(3)38/h5-17,23,30,32,34,37H,1,18-22H2,2-4H3,(H,35,39). The van der Waals surface area contributed by atoms with Gasteiger partial charge in [-0.1, -0.05) is 78.9 Å². The number of benzene rings is 3. The number of aliphatic hydroxyl groups excluding tert-OH is 1. The van der Waals surface area contributed by atoms with Crippen LogP contribution in [-0.4, -0.2) is 54.2 Å². The van der Waals surface area contributed by atoms with Gasteiger partial charge in [-0.2, -0.15) is 0 Å². The quantitative estimate of drug-likeness (QED) is 0.231.